The summed E-state index contributed by atoms with van der Waals surface area (Å²) >= 11 is 6.08. The van der Waals surface area contributed by atoms with Crippen LogP contribution in [0.1, 0.15) is 11.1 Å². The second-order valence-electron chi connectivity index (χ2n) is 5.44. The Morgan fingerprint density at radius 1 is 1.13 bits per heavy atom. The van der Waals surface area contributed by atoms with Gasteiger partial charge >= 0.3 is 0 Å². The molecule has 4 nitrogen and oxygen atoms in total. The van der Waals surface area contributed by atoms with E-state index >= 15 is 0 Å². The number of hydrogen-bond donors (Lipinski definition) is 1. The molecule has 0 bridgehead atoms. The van der Waals surface area contributed by atoms with Crippen molar-refractivity contribution in [2.24, 2.45) is 0 Å². The Labute approximate surface area is 140 Å². The first-order valence-corrected chi connectivity index (χ1v) is 7.87. The maximum Gasteiger partial charge on any atom is 0.140 e. The van der Waals surface area contributed by atoms with Gasteiger partial charge in [-0.05, 0) is 36.2 Å². The molecule has 0 atom stereocenters. The van der Waals surface area contributed by atoms with Crippen LogP contribution >= 0.6 is 11.6 Å². The van der Waals surface area contributed by atoms with E-state index in [2.05, 4.69) is 14.9 Å². The highest BCUT2D eigenvalue weighted by Gasteiger charge is 2.14. The van der Waals surface area contributed by atoms with Gasteiger partial charge in [0.1, 0.15) is 12.1 Å². The molecule has 0 aliphatic heterocycles. The van der Waals surface area contributed by atoms with Gasteiger partial charge in [0.05, 0.1) is 12.1 Å². The minimum absolute atomic E-state index is 0.0535. The van der Waals surface area contributed by atoms with Crippen molar-refractivity contribution < 1.29 is 5.11 Å². The molecule has 0 radical (unpaired) electrons. The lowest BCUT2D eigenvalue weighted by molar-refractivity contribution is 0.301. The zero-order valence-electron chi connectivity index (χ0n) is 12.9. The van der Waals surface area contributed by atoms with Gasteiger partial charge in [0.15, 0.2) is 0 Å². The molecule has 118 valence electrons. The van der Waals surface area contributed by atoms with Gasteiger partial charge in [-0.2, -0.15) is 0 Å². The van der Waals surface area contributed by atoms with E-state index in [4.69, 9.17) is 11.6 Å². The number of fused-ring (bicyclic) bond motifs is 1. The number of aliphatic hydroxyl groups excluding tert-OH is 1. The van der Waals surface area contributed by atoms with E-state index in [1.807, 2.05) is 49.4 Å². The summed E-state index contributed by atoms with van der Waals surface area (Å²) < 4.78 is 0. The summed E-state index contributed by atoms with van der Waals surface area (Å²) in [6.45, 7) is 3.22. The molecule has 2 aromatic carbocycles. The summed E-state index contributed by atoms with van der Waals surface area (Å²) in [7, 11) is 0. The summed E-state index contributed by atoms with van der Waals surface area (Å²) in [5.74, 6) is 0.835. The Kier molecular flexibility index (Phi) is 4.74. The molecule has 3 rings (SSSR count). The molecule has 0 spiro atoms. The van der Waals surface area contributed by atoms with Crippen LogP contribution in [-0.4, -0.2) is 28.2 Å². The zero-order valence-corrected chi connectivity index (χ0v) is 13.7. The van der Waals surface area contributed by atoms with Crippen molar-refractivity contribution in [3.8, 4) is 0 Å². The van der Waals surface area contributed by atoms with Crippen molar-refractivity contribution in [3.05, 3.63) is 64.9 Å². The minimum atomic E-state index is 0.0535. The van der Waals surface area contributed by atoms with Crippen LogP contribution in [0.4, 0.5) is 5.82 Å². The summed E-state index contributed by atoms with van der Waals surface area (Å²) in [6, 6.07) is 13.7. The SMILES string of the molecule is Cc1cccc2ncnc(N(CCO)Cc3cccc(Cl)c3)c12. The Bertz CT molecular complexity index is 817. The molecule has 0 aliphatic carbocycles. The van der Waals surface area contributed by atoms with Crippen molar-refractivity contribution in [2.75, 3.05) is 18.1 Å². The summed E-state index contributed by atoms with van der Waals surface area (Å²) in [6.07, 6.45) is 1.57. The maximum absolute atomic E-state index is 9.46. The van der Waals surface area contributed by atoms with Crippen LogP contribution in [0.5, 0.6) is 0 Å². The molecule has 1 N–H and O–H groups in total. The number of aryl methyl sites for hydroxylation is 1. The van der Waals surface area contributed by atoms with Crippen LogP contribution in [0, 0.1) is 6.92 Å². The Balaban J connectivity index is 2.05. The van der Waals surface area contributed by atoms with Gasteiger partial charge in [-0.25, -0.2) is 9.97 Å². The van der Waals surface area contributed by atoms with Gasteiger partial charge in [-0.15, -0.1) is 0 Å². The van der Waals surface area contributed by atoms with Gasteiger partial charge in [-0.1, -0.05) is 35.9 Å². The van der Waals surface area contributed by atoms with Crippen molar-refractivity contribution in [3.63, 3.8) is 0 Å². The van der Waals surface area contributed by atoms with Gasteiger partial charge in [0.2, 0.25) is 0 Å². The van der Waals surface area contributed by atoms with E-state index in [0.29, 0.717) is 18.1 Å². The third-order valence-electron chi connectivity index (χ3n) is 3.78. The molecule has 1 aromatic heterocycles. The molecule has 0 unspecified atom stereocenters. The van der Waals surface area contributed by atoms with Crippen LogP contribution < -0.4 is 4.90 Å². The van der Waals surface area contributed by atoms with Gasteiger partial charge in [-0.3, -0.25) is 0 Å². The molecule has 3 aromatic rings. The highest BCUT2D eigenvalue weighted by Crippen LogP contribution is 2.27. The van der Waals surface area contributed by atoms with Crippen LogP contribution in [-0.2, 0) is 6.54 Å². The Morgan fingerprint density at radius 2 is 1.96 bits per heavy atom. The fraction of sp³-hybridized carbons (Fsp3) is 0.222. The monoisotopic (exact) mass is 327 g/mol. The molecule has 5 heteroatoms. The van der Waals surface area contributed by atoms with Crippen LogP contribution in [0.15, 0.2) is 48.8 Å². The minimum Gasteiger partial charge on any atom is -0.395 e. The molecule has 23 heavy (non-hydrogen) atoms. The third kappa shape index (κ3) is 3.44. The number of aliphatic hydroxyl groups is 1. The van der Waals surface area contributed by atoms with E-state index in [9.17, 15) is 5.11 Å². The second kappa shape index (κ2) is 6.94. The number of nitrogens with zero attached hydrogens (tertiary/aromatic N) is 3. The first kappa shape index (κ1) is 15.7. The molecular weight excluding hydrogens is 310 g/mol. The largest absolute Gasteiger partial charge is 0.395 e. The molecule has 0 amide bonds. The maximum atomic E-state index is 9.46. The van der Waals surface area contributed by atoms with Crippen LogP contribution in [0.2, 0.25) is 5.02 Å². The molecule has 0 fully saturated rings. The lowest BCUT2D eigenvalue weighted by Gasteiger charge is -2.24. The van der Waals surface area contributed by atoms with E-state index in [-0.39, 0.29) is 6.61 Å². The fourth-order valence-electron chi connectivity index (χ4n) is 2.74. The van der Waals surface area contributed by atoms with E-state index < -0.39 is 0 Å². The third-order valence-corrected chi connectivity index (χ3v) is 4.02. The highest BCUT2D eigenvalue weighted by atomic mass is 35.5. The van der Waals surface area contributed by atoms with E-state index in [1.165, 1.54) is 0 Å². The first-order chi connectivity index (χ1) is 11.2. The standard InChI is InChI=1S/C18H18ClN3O/c1-13-4-2-7-16-17(13)18(21-12-20-16)22(8-9-23)11-14-5-3-6-15(19)10-14/h2-7,10,12,23H,8-9,11H2,1H3. The Hall–Kier alpha value is -2.17. The predicted molar refractivity (Wildman–Crippen MR) is 93.9 cm³/mol. The molecule has 1 heterocycles. The van der Waals surface area contributed by atoms with Crippen molar-refractivity contribution in [1.82, 2.24) is 9.97 Å². The zero-order chi connectivity index (χ0) is 16.2. The second-order valence-corrected chi connectivity index (χ2v) is 5.88. The highest BCUT2D eigenvalue weighted by molar-refractivity contribution is 6.30. The smallest absolute Gasteiger partial charge is 0.140 e. The number of halogens is 1. The summed E-state index contributed by atoms with van der Waals surface area (Å²) in [5, 5.41) is 11.2. The average Bonchev–Trinajstić information content (AvgIpc) is 2.54. The number of hydrogen-bond acceptors (Lipinski definition) is 4. The summed E-state index contributed by atoms with van der Waals surface area (Å²) in [4.78, 5) is 10.9. The fourth-order valence-corrected chi connectivity index (χ4v) is 2.95. The summed E-state index contributed by atoms with van der Waals surface area (Å²) in [5.41, 5.74) is 3.10. The van der Waals surface area contributed by atoms with Crippen LogP contribution in [0.3, 0.4) is 0 Å². The van der Waals surface area contributed by atoms with Crippen molar-refractivity contribution in [2.45, 2.75) is 13.5 Å². The van der Waals surface area contributed by atoms with Gasteiger partial charge in [0.25, 0.3) is 0 Å². The van der Waals surface area contributed by atoms with Crippen LogP contribution in [0.25, 0.3) is 10.9 Å². The topological polar surface area (TPSA) is 49.2 Å². The number of benzene rings is 2. The van der Waals surface area contributed by atoms with E-state index in [0.717, 1.165) is 27.8 Å². The van der Waals surface area contributed by atoms with E-state index in [1.54, 1.807) is 6.33 Å². The quantitative estimate of drug-likeness (QED) is 0.778. The Morgan fingerprint density at radius 3 is 2.74 bits per heavy atom. The average molecular weight is 328 g/mol. The lowest BCUT2D eigenvalue weighted by Crippen LogP contribution is -2.27. The first-order valence-electron chi connectivity index (χ1n) is 7.49. The van der Waals surface area contributed by atoms with Gasteiger partial charge in [0, 0.05) is 23.5 Å². The lowest BCUT2D eigenvalue weighted by atomic mass is 10.1. The molecule has 0 saturated heterocycles. The number of aromatic nitrogens is 2. The molecular formula is C18H18ClN3O. The predicted octanol–water partition coefficient (Wildman–Crippen LogP) is 3.59. The number of rotatable bonds is 5. The molecule has 0 saturated carbocycles. The van der Waals surface area contributed by atoms with Gasteiger partial charge < -0.3 is 10.0 Å². The van der Waals surface area contributed by atoms with Crippen molar-refractivity contribution >= 4 is 28.3 Å². The molecule has 0 aliphatic rings. The van der Waals surface area contributed by atoms with Crippen molar-refractivity contribution in [1.29, 1.82) is 0 Å². The number of anilines is 1. The normalized spacial score (nSPS) is 10.9.